The van der Waals surface area contributed by atoms with E-state index in [1.807, 2.05) is 17.5 Å². The van der Waals surface area contributed by atoms with Gasteiger partial charge in [0, 0.05) is 34.6 Å². The van der Waals surface area contributed by atoms with E-state index in [0.29, 0.717) is 16.6 Å². The summed E-state index contributed by atoms with van der Waals surface area (Å²) in [4.78, 5) is 8.87. The van der Waals surface area contributed by atoms with Crippen molar-refractivity contribution in [3.63, 3.8) is 0 Å². The van der Waals surface area contributed by atoms with E-state index in [-0.39, 0.29) is 10.6 Å². The molecule has 4 aromatic rings. The van der Waals surface area contributed by atoms with Crippen LogP contribution in [-0.4, -0.2) is 23.5 Å². The number of rotatable bonds is 6. The zero-order valence-corrected chi connectivity index (χ0v) is 17.4. The normalized spacial score (nSPS) is 11.5. The van der Waals surface area contributed by atoms with Crippen LogP contribution >= 0.6 is 11.3 Å². The summed E-state index contributed by atoms with van der Waals surface area (Å²) in [7, 11) is -3.53. The first-order valence-electron chi connectivity index (χ1n) is 8.80. The highest BCUT2D eigenvalue weighted by molar-refractivity contribution is 7.90. The molecule has 1 N–H and O–H groups in total. The number of sulfone groups is 1. The molecule has 0 saturated heterocycles. The van der Waals surface area contributed by atoms with Crippen LogP contribution in [0.3, 0.4) is 0 Å². The fourth-order valence-electron chi connectivity index (χ4n) is 2.70. The lowest BCUT2D eigenvalue weighted by molar-refractivity contribution is 0.388. The molecule has 3 heterocycles. The van der Waals surface area contributed by atoms with Gasteiger partial charge in [-0.05, 0) is 50.2 Å². The maximum atomic E-state index is 12.7. The number of pyridine rings is 1. The highest BCUT2D eigenvalue weighted by Crippen LogP contribution is 2.28. The Morgan fingerprint density at radius 1 is 1.14 bits per heavy atom. The lowest BCUT2D eigenvalue weighted by Crippen LogP contribution is -2.05. The topological polar surface area (TPSA) is 98.0 Å². The van der Waals surface area contributed by atoms with Crippen LogP contribution in [0.1, 0.15) is 17.0 Å². The molecule has 0 fully saturated rings. The first-order valence-corrected chi connectivity index (χ1v) is 11.3. The molecule has 0 aliphatic carbocycles. The zero-order chi connectivity index (χ0) is 20.4. The van der Waals surface area contributed by atoms with Crippen molar-refractivity contribution in [3.8, 4) is 11.3 Å². The third-order valence-electron chi connectivity index (χ3n) is 4.50. The molecule has 3 aromatic heterocycles. The second-order valence-corrected chi connectivity index (χ2v) is 9.35. The van der Waals surface area contributed by atoms with E-state index in [2.05, 4.69) is 20.4 Å². The molecular formula is C20H18N4O3S2. The number of hydrogen-bond acceptors (Lipinski definition) is 8. The molecule has 148 valence electrons. The Morgan fingerprint density at radius 3 is 2.59 bits per heavy atom. The first-order chi connectivity index (χ1) is 13.9. The van der Waals surface area contributed by atoms with Crippen LogP contribution in [0.15, 0.2) is 63.6 Å². The van der Waals surface area contributed by atoms with Gasteiger partial charge in [-0.25, -0.2) is 13.4 Å². The molecule has 0 amide bonds. The second-order valence-electron chi connectivity index (χ2n) is 6.50. The van der Waals surface area contributed by atoms with Gasteiger partial charge in [0.1, 0.15) is 5.75 Å². The number of anilines is 2. The van der Waals surface area contributed by atoms with Crippen molar-refractivity contribution in [2.24, 2.45) is 0 Å². The maximum absolute atomic E-state index is 12.7. The summed E-state index contributed by atoms with van der Waals surface area (Å²) >= 11 is 1.47. The van der Waals surface area contributed by atoms with E-state index < -0.39 is 9.84 Å². The summed E-state index contributed by atoms with van der Waals surface area (Å²) in [5.74, 6) is 0.156. The summed E-state index contributed by atoms with van der Waals surface area (Å²) in [6.45, 7) is 3.59. The third-order valence-corrected chi connectivity index (χ3v) is 6.89. The molecule has 7 nitrogen and oxygen atoms in total. The summed E-state index contributed by atoms with van der Waals surface area (Å²) in [5.41, 5.74) is 3.99. The zero-order valence-electron chi connectivity index (χ0n) is 15.8. The minimum absolute atomic E-state index is 0.215. The number of benzene rings is 1. The van der Waals surface area contributed by atoms with E-state index in [1.54, 1.807) is 50.5 Å². The average molecular weight is 427 g/mol. The van der Waals surface area contributed by atoms with Crippen LogP contribution in [-0.2, 0) is 15.6 Å². The summed E-state index contributed by atoms with van der Waals surface area (Å²) in [6, 6.07) is 10.4. The van der Waals surface area contributed by atoms with Crippen molar-refractivity contribution in [2.45, 2.75) is 24.5 Å². The van der Waals surface area contributed by atoms with Crippen LogP contribution in [0.25, 0.3) is 11.3 Å². The van der Waals surface area contributed by atoms with Gasteiger partial charge in [0.05, 0.1) is 16.3 Å². The number of aryl methyl sites for hydroxylation is 1. The van der Waals surface area contributed by atoms with Gasteiger partial charge in [0.25, 0.3) is 0 Å². The first kappa shape index (κ1) is 19.3. The molecule has 1 aromatic carbocycles. The SMILES string of the molecule is Cc1noc(CS(=O)(=O)c2ccc(Nc3nc(-c4cccnc4)cs3)cc2)c1C. The number of aromatic nitrogens is 3. The summed E-state index contributed by atoms with van der Waals surface area (Å²) in [5, 5.41) is 9.68. The Bertz CT molecular complexity index is 1230. The lowest BCUT2D eigenvalue weighted by Gasteiger charge is -2.06. The number of nitrogens with one attached hydrogen (secondary N) is 1. The van der Waals surface area contributed by atoms with Crippen LogP contribution in [0.2, 0.25) is 0 Å². The fraction of sp³-hybridized carbons (Fsp3) is 0.150. The van der Waals surface area contributed by atoms with Gasteiger partial charge in [-0.3, -0.25) is 4.98 Å². The van der Waals surface area contributed by atoms with Crippen molar-refractivity contribution in [1.82, 2.24) is 15.1 Å². The molecule has 0 spiro atoms. The largest absolute Gasteiger partial charge is 0.360 e. The van der Waals surface area contributed by atoms with Gasteiger partial charge in [-0.15, -0.1) is 11.3 Å². The highest BCUT2D eigenvalue weighted by atomic mass is 32.2. The van der Waals surface area contributed by atoms with Gasteiger partial charge < -0.3 is 9.84 Å². The van der Waals surface area contributed by atoms with Crippen LogP contribution in [0.5, 0.6) is 0 Å². The van der Waals surface area contributed by atoms with Crippen molar-refractivity contribution in [3.05, 3.63) is 71.2 Å². The van der Waals surface area contributed by atoms with E-state index in [0.717, 1.165) is 22.5 Å². The fourth-order valence-corrected chi connectivity index (χ4v) is 4.77. The van der Waals surface area contributed by atoms with Crippen LogP contribution in [0.4, 0.5) is 10.8 Å². The number of thiazole rings is 1. The monoisotopic (exact) mass is 426 g/mol. The molecule has 29 heavy (non-hydrogen) atoms. The second kappa shape index (κ2) is 7.76. The molecule has 0 saturated carbocycles. The molecular weight excluding hydrogens is 408 g/mol. The van der Waals surface area contributed by atoms with Crippen molar-refractivity contribution in [1.29, 1.82) is 0 Å². The smallest absolute Gasteiger partial charge is 0.187 e. The van der Waals surface area contributed by atoms with Crippen LogP contribution < -0.4 is 5.32 Å². The lowest BCUT2D eigenvalue weighted by atomic mass is 10.2. The van der Waals surface area contributed by atoms with Crippen molar-refractivity contribution < 1.29 is 12.9 Å². The minimum atomic E-state index is -3.53. The Kier molecular flexibility index (Phi) is 5.16. The molecule has 9 heteroatoms. The summed E-state index contributed by atoms with van der Waals surface area (Å²) in [6.07, 6.45) is 3.48. The Labute approximate surface area is 172 Å². The molecule has 0 radical (unpaired) electrons. The average Bonchev–Trinajstić information content (AvgIpc) is 3.31. The number of nitrogens with zero attached hydrogens (tertiary/aromatic N) is 3. The molecule has 0 atom stereocenters. The predicted octanol–water partition coefficient (Wildman–Crippen LogP) is 4.53. The van der Waals surface area contributed by atoms with E-state index >= 15 is 0 Å². The van der Waals surface area contributed by atoms with Gasteiger partial charge in [0.2, 0.25) is 0 Å². The Morgan fingerprint density at radius 2 is 1.93 bits per heavy atom. The predicted molar refractivity (Wildman–Crippen MR) is 112 cm³/mol. The van der Waals surface area contributed by atoms with E-state index in [9.17, 15) is 8.42 Å². The van der Waals surface area contributed by atoms with Gasteiger partial charge in [0.15, 0.2) is 20.7 Å². The standard InChI is InChI=1S/C20H18N4O3S2/c1-13-14(2)24-27-19(13)12-29(25,26)17-7-5-16(6-8-17)22-20-23-18(11-28-20)15-4-3-9-21-10-15/h3-11H,12H2,1-2H3,(H,22,23). The summed E-state index contributed by atoms with van der Waals surface area (Å²) < 4.78 is 30.5. The van der Waals surface area contributed by atoms with E-state index in [4.69, 9.17) is 4.52 Å². The Hall–Kier alpha value is -3.04. The van der Waals surface area contributed by atoms with Crippen LogP contribution in [0, 0.1) is 13.8 Å². The van der Waals surface area contributed by atoms with Gasteiger partial charge in [-0.2, -0.15) is 0 Å². The highest BCUT2D eigenvalue weighted by Gasteiger charge is 2.20. The van der Waals surface area contributed by atoms with Crippen molar-refractivity contribution >= 4 is 32.0 Å². The Balaban J connectivity index is 1.48. The third kappa shape index (κ3) is 4.20. The molecule has 0 bridgehead atoms. The molecule has 0 aliphatic rings. The van der Waals surface area contributed by atoms with E-state index in [1.165, 1.54) is 11.3 Å². The molecule has 4 rings (SSSR count). The van der Waals surface area contributed by atoms with Crippen molar-refractivity contribution in [2.75, 3.05) is 5.32 Å². The number of hydrogen-bond donors (Lipinski definition) is 1. The minimum Gasteiger partial charge on any atom is -0.360 e. The van der Waals surface area contributed by atoms with Gasteiger partial charge >= 0.3 is 0 Å². The quantitative estimate of drug-likeness (QED) is 0.484. The maximum Gasteiger partial charge on any atom is 0.187 e. The molecule has 0 aliphatic heterocycles. The molecule has 0 unspecified atom stereocenters. The van der Waals surface area contributed by atoms with Gasteiger partial charge in [-0.1, -0.05) is 5.16 Å².